The first-order valence-electron chi connectivity index (χ1n) is 4.97. The van der Waals surface area contributed by atoms with Crippen molar-refractivity contribution < 1.29 is 0 Å². The van der Waals surface area contributed by atoms with Crippen LogP contribution in [0.15, 0.2) is 18.2 Å². The van der Waals surface area contributed by atoms with Gasteiger partial charge in [-0.2, -0.15) is 0 Å². The average Bonchev–Trinajstić information content (AvgIpc) is 2.64. The van der Waals surface area contributed by atoms with Crippen LogP contribution in [0.2, 0.25) is 10.0 Å². The summed E-state index contributed by atoms with van der Waals surface area (Å²) in [6, 6.07) is 6.32. The number of hydrogen-bond acceptors (Lipinski definition) is 1. The minimum absolute atomic E-state index is 0. The van der Waals surface area contributed by atoms with E-state index in [-0.39, 0.29) is 12.4 Å². The molecule has 15 heavy (non-hydrogen) atoms. The van der Waals surface area contributed by atoms with Crippen LogP contribution in [0, 0.1) is 0 Å². The van der Waals surface area contributed by atoms with Crippen LogP contribution >= 0.6 is 35.6 Å². The van der Waals surface area contributed by atoms with Gasteiger partial charge in [0.1, 0.15) is 0 Å². The highest BCUT2D eigenvalue weighted by Gasteiger charge is 2.14. The Kier molecular flexibility index (Phi) is 5.04. The van der Waals surface area contributed by atoms with Gasteiger partial charge in [-0.3, -0.25) is 0 Å². The molecule has 0 unspecified atom stereocenters. The number of rotatable bonds is 2. The van der Waals surface area contributed by atoms with Crippen molar-refractivity contribution in [2.75, 3.05) is 5.32 Å². The molecule has 1 aromatic carbocycles. The summed E-state index contributed by atoms with van der Waals surface area (Å²) in [4.78, 5) is 0. The second kappa shape index (κ2) is 5.83. The maximum absolute atomic E-state index is 5.93. The van der Waals surface area contributed by atoms with Crippen molar-refractivity contribution in [3.8, 4) is 0 Å². The van der Waals surface area contributed by atoms with Crippen molar-refractivity contribution in [2.45, 2.75) is 31.7 Å². The summed E-state index contributed by atoms with van der Waals surface area (Å²) >= 11 is 11.8. The molecule has 0 bridgehead atoms. The van der Waals surface area contributed by atoms with Crippen LogP contribution < -0.4 is 5.32 Å². The molecule has 4 heteroatoms. The van der Waals surface area contributed by atoms with E-state index in [1.165, 1.54) is 25.7 Å². The molecular weight excluding hydrogens is 252 g/mol. The lowest BCUT2D eigenvalue weighted by Gasteiger charge is -2.13. The van der Waals surface area contributed by atoms with Gasteiger partial charge < -0.3 is 5.32 Å². The largest absolute Gasteiger partial charge is 0.382 e. The lowest BCUT2D eigenvalue weighted by atomic mass is 10.2. The van der Waals surface area contributed by atoms with Crippen LogP contribution in [0.1, 0.15) is 25.7 Å². The first-order chi connectivity index (χ1) is 6.75. The van der Waals surface area contributed by atoms with Gasteiger partial charge in [-0.15, -0.1) is 12.4 Å². The van der Waals surface area contributed by atoms with Gasteiger partial charge in [0.05, 0.1) is 10.0 Å². The first kappa shape index (κ1) is 13.0. The second-order valence-electron chi connectivity index (χ2n) is 3.75. The van der Waals surface area contributed by atoms with E-state index >= 15 is 0 Å². The number of benzene rings is 1. The van der Waals surface area contributed by atoms with Gasteiger partial charge in [-0.25, -0.2) is 0 Å². The Balaban J connectivity index is 0.00000112. The van der Waals surface area contributed by atoms with E-state index in [2.05, 4.69) is 5.32 Å². The van der Waals surface area contributed by atoms with Crippen LogP contribution in [-0.4, -0.2) is 6.04 Å². The molecule has 0 aliphatic heterocycles. The van der Waals surface area contributed by atoms with Crippen LogP contribution in [0.5, 0.6) is 0 Å². The summed E-state index contributed by atoms with van der Waals surface area (Å²) in [6.07, 6.45) is 5.19. The molecule has 0 atom stereocenters. The molecular formula is C11H14Cl3N. The van der Waals surface area contributed by atoms with E-state index in [1.807, 2.05) is 18.2 Å². The molecule has 84 valence electrons. The van der Waals surface area contributed by atoms with Gasteiger partial charge in [-0.05, 0) is 31.0 Å². The minimum atomic E-state index is 0. The number of halogens is 3. The van der Waals surface area contributed by atoms with Crippen molar-refractivity contribution in [2.24, 2.45) is 0 Å². The summed E-state index contributed by atoms with van der Waals surface area (Å²) in [5, 5.41) is 4.70. The van der Waals surface area contributed by atoms with Crippen molar-refractivity contribution >= 4 is 41.3 Å². The fraction of sp³-hybridized carbons (Fsp3) is 0.455. The van der Waals surface area contributed by atoms with E-state index in [0.29, 0.717) is 16.1 Å². The van der Waals surface area contributed by atoms with Crippen molar-refractivity contribution in [3.63, 3.8) is 0 Å². The highest BCUT2D eigenvalue weighted by molar-refractivity contribution is 6.42. The first-order valence-corrected chi connectivity index (χ1v) is 5.73. The fourth-order valence-corrected chi connectivity index (χ4v) is 2.19. The molecule has 1 N–H and O–H groups in total. The smallest absolute Gasteiger partial charge is 0.0612 e. The number of nitrogens with one attached hydrogen (secondary N) is 1. The molecule has 0 saturated heterocycles. The predicted molar refractivity (Wildman–Crippen MR) is 69.6 cm³/mol. The molecule has 0 amide bonds. The topological polar surface area (TPSA) is 12.0 Å². The third kappa shape index (κ3) is 3.44. The van der Waals surface area contributed by atoms with Gasteiger partial charge in [0.2, 0.25) is 0 Å². The molecule has 1 saturated carbocycles. The summed E-state index contributed by atoms with van der Waals surface area (Å²) in [5.41, 5.74) is 1.08. The van der Waals surface area contributed by atoms with Gasteiger partial charge >= 0.3 is 0 Å². The monoisotopic (exact) mass is 265 g/mol. The SMILES string of the molecule is Cl.Clc1ccc(NC2CCCC2)cc1Cl. The maximum Gasteiger partial charge on any atom is 0.0612 e. The lowest BCUT2D eigenvalue weighted by molar-refractivity contribution is 0.755. The average molecular weight is 267 g/mol. The predicted octanol–water partition coefficient (Wildman–Crippen LogP) is 4.77. The van der Waals surface area contributed by atoms with Crippen LogP contribution in [0.25, 0.3) is 0 Å². The molecule has 0 aromatic heterocycles. The zero-order chi connectivity index (χ0) is 9.97. The summed E-state index contributed by atoms with van der Waals surface area (Å²) in [5.74, 6) is 0. The zero-order valence-corrected chi connectivity index (χ0v) is 10.6. The Morgan fingerprint density at radius 3 is 2.33 bits per heavy atom. The molecule has 0 spiro atoms. The summed E-state index contributed by atoms with van der Waals surface area (Å²) in [7, 11) is 0. The van der Waals surface area contributed by atoms with Crippen molar-refractivity contribution in [1.29, 1.82) is 0 Å². The van der Waals surface area contributed by atoms with E-state index in [0.717, 1.165) is 5.69 Å². The maximum atomic E-state index is 5.93. The van der Waals surface area contributed by atoms with Crippen LogP contribution in [0.4, 0.5) is 5.69 Å². The van der Waals surface area contributed by atoms with Crippen molar-refractivity contribution in [3.05, 3.63) is 28.2 Å². The lowest BCUT2D eigenvalue weighted by Crippen LogP contribution is -2.14. The normalized spacial score (nSPS) is 16.1. The van der Waals surface area contributed by atoms with E-state index in [9.17, 15) is 0 Å². The Labute approximate surface area is 107 Å². The third-order valence-corrected chi connectivity index (χ3v) is 3.38. The quantitative estimate of drug-likeness (QED) is 0.813. The highest BCUT2D eigenvalue weighted by Crippen LogP contribution is 2.27. The van der Waals surface area contributed by atoms with Crippen LogP contribution in [-0.2, 0) is 0 Å². The molecule has 1 aliphatic carbocycles. The Hall–Kier alpha value is -0.110. The fourth-order valence-electron chi connectivity index (χ4n) is 1.89. The molecule has 1 fully saturated rings. The van der Waals surface area contributed by atoms with Crippen molar-refractivity contribution in [1.82, 2.24) is 0 Å². The van der Waals surface area contributed by atoms with E-state index in [1.54, 1.807) is 0 Å². The van der Waals surface area contributed by atoms with Gasteiger partial charge in [0.25, 0.3) is 0 Å². The molecule has 0 radical (unpaired) electrons. The second-order valence-corrected chi connectivity index (χ2v) is 4.57. The molecule has 1 aliphatic rings. The van der Waals surface area contributed by atoms with Gasteiger partial charge in [0, 0.05) is 11.7 Å². The standard InChI is InChI=1S/C11H13Cl2N.ClH/c12-10-6-5-9(7-11(10)13)14-8-3-1-2-4-8;/h5-8,14H,1-4H2;1H. The Morgan fingerprint density at radius 1 is 1.07 bits per heavy atom. The number of hydrogen-bond donors (Lipinski definition) is 1. The molecule has 1 aromatic rings. The Bertz CT molecular complexity index is 322. The molecule has 2 rings (SSSR count). The van der Waals surface area contributed by atoms with Gasteiger partial charge in [-0.1, -0.05) is 36.0 Å². The third-order valence-electron chi connectivity index (χ3n) is 2.65. The summed E-state index contributed by atoms with van der Waals surface area (Å²) < 4.78 is 0. The molecule has 1 nitrogen and oxygen atoms in total. The minimum Gasteiger partial charge on any atom is -0.382 e. The Morgan fingerprint density at radius 2 is 1.73 bits per heavy atom. The van der Waals surface area contributed by atoms with Crippen LogP contribution in [0.3, 0.4) is 0 Å². The van der Waals surface area contributed by atoms with E-state index in [4.69, 9.17) is 23.2 Å². The molecule has 0 heterocycles. The zero-order valence-electron chi connectivity index (χ0n) is 8.30. The van der Waals surface area contributed by atoms with Gasteiger partial charge in [0.15, 0.2) is 0 Å². The highest BCUT2D eigenvalue weighted by atomic mass is 35.5. The van der Waals surface area contributed by atoms with E-state index < -0.39 is 0 Å². The number of anilines is 1. The summed E-state index contributed by atoms with van der Waals surface area (Å²) in [6.45, 7) is 0.